The highest BCUT2D eigenvalue weighted by atomic mass is 16.1. The first-order chi connectivity index (χ1) is 15.0. The second-order valence-electron chi connectivity index (χ2n) is 8.14. The molecule has 3 nitrogen and oxygen atoms in total. The Balaban J connectivity index is 2.77. The van der Waals surface area contributed by atoms with Gasteiger partial charge in [0.1, 0.15) is 5.78 Å². The summed E-state index contributed by atoms with van der Waals surface area (Å²) in [5.74, 6) is 0.665. The van der Waals surface area contributed by atoms with Crippen LogP contribution in [0.25, 0.3) is 0 Å². The fourth-order valence-corrected chi connectivity index (χ4v) is 3.54. The molecule has 1 atom stereocenters. The van der Waals surface area contributed by atoms with Crippen molar-refractivity contribution in [2.75, 3.05) is 13.1 Å². The number of carbonyl (C=O) groups is 1. The van der Waals surface area contributed by atoms with Crippen molar-refractivity contribution in [3.63, 3.8) is 0 Å². The zero-order chi connectivity index (χ0) is 22.9. The topological polar surface area (TPSA) is 44.1 Å². The van der Waals surface area contributed by atoms with Crippen LogP contribution in [0.2, 0.25) is 0 Å². The quantitative estimate of drug-likeness (QED) is 0.225. The molecule has 1 aromatic carbocycles. The Labute approximate surface area is 189 Å². The Morgan fingerprint density at radius 2 is 1.84 bits per heavy atom. The van der Waals surface area contributed by atoms with Crippen LogP contribution in [0.1, 0.15) is 70.8 Å². The van der Waals surface area contributed by atoms with E-state index in [0.717, 1.165) is 50.9 Å². The van der Waals surface area contributed by atoms with Crippen LogP contribution in [0.15, 0.2) is 78.6 Å². The molecular weight excluding hydrogens is 380 g/mol. The number of nitriles is 1. The maximum Gasteiger partial charge on any atom is 0.129 e. The normalized spacial score (nSPS) is 13.1. The van der Waals surface area contributed by atoms with Gasteiger partial charge in [-0.05, 0) is 57.4 Å². The van der Waals surface area contributed by atoms with Gasteiger partial charge in [-0.1, -0.05) is 73.7 Å². The van der Waals surface area contributed by atoms with E-state index in [9.17, 15) is 10.1 Å². The molecule has 1 rings (SSSR count). The van der Waals surface area contributed by atoms with Crippen LogP contribution in [-0.4, -0.2) is 23.8 Å². The summed E-state index contributed by atoms with van der Waals surface area (Å²) in [7, 11) is 0. The first-order valence-electron chi connectivity index (χ1n) is 11.3. The molecule has 0 aliphatic carbocycles. The smallest absolute Gasteiger partial charge is 0.129 e. The Morgan fingerprint density at radius 1 is 1.10 bits per heavy atom. The third kappa shape index (κ3) is 11.8. The van der Waals surface area contributed by atoms with Crippen LogP contribution < -0.4 is 0 Å². The van der Waals surface area contributed by atoms with Gasteiger partial charge in [0.05, 0.1) is 6.07 Å². The number of allylic oxidation sites excluding steroid dienone is 7. The lowest BCUT2D eigenvalue weighted by Crippen LogP contribution is -2.27. The fraction of sp³-hybridized carbons (Fsp3) is 0.429. The predicted octanol–water partition coefficient (Wildman–Crippen LogP) is 7.12. The molecule has 1 aromatic rings. The molecule has 0 aliphatic rings. The van der Waals surface area contributed by atoms with Crippen LogP contribution in [0.5, 0.6) is 0 Å². The van der Waals surface area contributed by atoms with E-state index in [1.165, 1.54) is 11.1 Å². The molecule has 31 heavy (non-hydrogen) atoms. The molecule has 3 heteroatoms. The first-order valence-corrected chi connectivity index (χ1v) is 11.3. The van der Waals surface area contributed by atoms with Crippen molar-refractivity contribution in [3.8, 4) is 6.07 Å². The molecule has 0 heterocycles. The largest absolute Gasteiger partial charge is 0.374 e. The SMILES string of the molecule is C=C/C=C\C=C(\C)CCC/C(=C/C#N)N(CCCC(C)=O)CC[C@H](C)c1ccccc1. The average molecular weight is 419 g/mol. The van der Waals surface area contributed by atoms with Gasteiger partial charge in [-0.2, -0.15) is 5.26 Å². The fourth-order valence-electron chi connectivity index (χ4n) is 3.54. The number of benzene rings is 1. The van der Waals surface area contributed by atoms with Gasteiger partial charge in [0.2, 0.25) is 0 Å². The van der Waals surface area contributed by atoms with Crippen molar-refractivity contribution < 1.29 is 4.79 Å². The molecule has 0 aromatic heterocycles. The molecule has 166 valence electrons. The van der Waals surface area contributed by atoms with Gasteiger partial charge in [-0.3, -0.25) is 0 Å². The van der Waals surface area contributed by atoms with Gasteiger partial charge in [0, 0.05) is 31.3 Å². The van der Waals surface area contributed by atoms with Crippen molar-refractivity contribution in [1.82, 2.24) is 4.90 Å². The Bertz CT molecular complexity index is 796. The highest BCUT2D eigenvalue weighted by molar-refractivity contribution is 5.75. The van der Waals surface area contributed by atoms with Gasteiger partial charge >= 0.3 is 0 Å². The molecule has 0 aliphatic heterocycles. The standard InChI is InChI=1S/C28H38N2O/c1-5-6-8-13-24(2)14-11-18-28(19-21-29)30(22-12-15-26(4)31)23-20-25(3)27-16-9-7-10-17-27/h5-10,13,16-17,19,25H,1,11-12,14-15,18,20,22-23H2,2-4H3/b8-6-,24-13-,28-19-/t25-/m0/s1. The monoisotopic (exact) mass is 418 g/mol. The van der Waals surface area contributed by atoms with E-state index in [2.05, 4.69) is 61.7 Å². The summed E-state index contributed by atoms with van der Waals surface area (Å²) >= 11 is 0. The zero-order valence-electron chi connectivity index (χ0n) is 19.5. The van der Waals surface area contributed by atoms with Gasteiger partial charge in [0.15, 0.2) is 0 Å². The van der Waals surface area contributed by atoms with E-state index in [0.29, 0.717) is 12.3 Å². The molecular formula is C28H38N2O. The zero-order valence-corrected chi connectivity index (χ0v) is 19.5. The first kappa shape index (κ1) is 26.2. The molecule has 0 radical (unpaired) electrons. The van der Waals surface area contributed by atoms with E-state index < -0.39 is 0 Å². The van der Waals surface area contributed by atoms with E-state index in [-0.39, 0.29) is 5.78 Å². The van der Waals surface area contributed by atoms with Crippen LogP contribution in [-0.2, 0) is 4.79 Å². The highest BCUT2D eigenvalue weighted by Crippen LogP contribution is 2.22. The molecule has 0 saturated carbocycles. The van der Waals surface area contributed by atoms with E-state index in [4.69, 9.17) is 0 Å². The lowest BCUT2D eigenvalue weighted by Gasteiger charge is -2.28. The van der Waals surface area contributed by atoms with Gasteiger partial charge < -0.3 is 9.69 Å². The van der Waals surface area contributed by atoms with Gasteiger partial charge in [0.25, 0.3) is 0 Å². The number of rotatable bonds is 15. The molecule has 0 amide bonds. The summed E-state index contributed by atoms with van der Waals surface area (Å²) in [6, 6.07) is 12.8. The number of Topliss-reactive ketones (excluding diaryl/α,β-unsaturated/α-hetero) is 1. The Kier molecular flexibility index (Phi) is 13.4. The van der Waals surface area contributed by atoms with Gasteiger partial charge in [-0.25, -0.2) is 0 Å². The number of hydrogen-bond acceptors (Lipinski definition) is 3. The summed E-state index contributed by atoms with van der Waals surface area (Å²) < 4.78 is 0. The maximum absolute atomic E-state index is 11.4. The Morgan fingerprint density at radius 3 is 2.48 bits per heavy atom. The minimum atomic E-state index is 0.219. The number of carbonyl (C=O) groups excluding carboxylic acids is 1. The van der Waals surface area contributed by atoms with Crippen molar-refractivity contribution in [3.05, 3.63) is 84.1 Å². The Hall–Kier alpha value is -2.86. The van der Waals surface area contributed by atoms with Crippen molar-refractivity contribution in [1.29, 1.82) is 5.26 Å². The molecule has 0 spiro atoms. The van der Waals surface area contributed by atoms with Crippen LogP contribution >= 0.6 is 0 Å². The van der Waals surface area contributed by atoms with Gasteiger partial charge in [-0.15, -0.1) is 0 Å². The molecule has 0 saturated heterocycles. The number of hydrogen-bond donors (Lipinski definition) is 0. The summed E-state index contributed by atoms with van der Waals surface area (Å²) in [4.78, 5) is 13.7. The summed E-state index contributed by atoms with van der Waals surface area (Å²) in [6.45, 7) is 11.4. The summed E-state index contributed by atoms with van der Waals surface area (Å²) in [5.41, 5.74) is 3.74. The van der Waals surface area contributed by atoms with Crippen molar-refractivity contribution in [2.24, 2.45) is 0 Å². The summed E-state index contributed by atoms with van der Waals surface area (Å²) in [6.07, 6.45) is 14.8. The minimum Gasteiger partial charge on any atom is -0.374 e. The average Bonchev–Trinajstić information content (AvgIpc) is 2.76. The predicted molar refractivity (Wildman–Crippen MR) is 132 cm³/mol. The summed E-state index contributed by atoms with van der Waals surface area (Å²) in [5, 5.41) is 9.37. The van der Waals surface area contributed by atoms with Crippen LogP contribution in [0.4, 0.5) is 0 Å². The number of ketones is 1. The number of nitrogens with zero attached hydrogens (tertiary/aromatic N) is 2. The van der Waals surface area contributed by atoms with Crippen LogP contribution in [0, 0.1) is 11.3 Å². The minimum absolute atomic E-state index is 0.219. The molecule has 0 N–H and O–H groups in total. The maximum atomic E-state index is 11.4. The lowest BCUT2D eigenvalue weighted by molar-refractivity contribution is -0.117. The van der Waals surface area contributed by atoms with Crippen molar-refractivity contribution in [2.45, 2.75) is 65.2 Å². The highest BCUT2D eigenvalue weighted by Gasteiger charge is 2.13. The third-order valence-corrected chi connectivity index (χ3v) is 5.43. The second kappa shape index (κ2) is 15.9. The molecule has 0 bridgehead atoms. The van der Waals surface area contributed by atoms with E-state index >= 15 is 0 Å². The second-order valence-corrected chi connectivity index (χ2v) is 8.14. The molecule has 0 unspecified atom stereocenters. The third-order valence-electron chi connectivity index (χ3n) is 5.43. The molecule has 0 fully saturated rings. The van der Waals surface area contributed by atoms with E-state index in [1.54, 1.807) is 19.1 Å². The van der Waals surface area contributed by atoms with E-state index in [1.807, 2.05) is 18.2 Å². The van der Waals surface area contributed by atoms with Crippen molar-refractivity contribution >= 4 is 5.78 Å². The van der Waals surface area contributed by atoms with Crippen LogP contribution in [0.3, 0.4) is 0 Å². The lowest BCUT2D eigenvalue weighted by atomic mass is 9.97.